The molecule has 100 valence electrons. The molecule has 0 heterocycles. The molecular weight excluding hydrogens is 276 g/mol. The Hall–Kier alpha value is 0.440. The molecule has 0 N–H and O–H groups in total. The van der Waals surface area contributed by atoms with Crippen LogP contribution in [0.15, 0.2) is 0 Å². The predicted octanol–water partition coefficient (Wildman–Crippen LogP) is 4.93. The minimum Gasteiger partial charge on any atom is -0.371 e. The molecule has 2 heteroatoms. The number of hydrogen-bond donors (Lipinski definition) is 0. The first-order valence-electron chi connectivity index (χ1n) is 7.37. The lowest BCUT2D eigenvalue weighted by Gasteiger charge is -2.42. The van der Waals surface area contributed by atoms with E-state index in [0.29, 0.717) is 6.10 Å². The van der Waals surface area contributed by atoms with Crippen molar-refractivity contribution < 1.29 is 4.74 Å². The van der Waals surface area contributed by atoms with Gasteiger partial charge in [-0.2, -0.15) is 0 Å². The van der Waals surface area contributed by atoms with Crippen molar-refractivity contribution in [1.29, 1.82) is 0 Å². The van der Waals surface area contributed by atoms with Crippen molar-refractivity contribution in [3.63, 3.8) is 0 Å². The SMILES string of the molecule is CC1CCC(OC2(CBr)CCCC(C)C2)CC1. The highest BCUT2D eigenvalue weighted by Gasteiger charge is 2.37. The lowest BCUT2D eigenvalue weighted by atomic mass is 9.79. The molecule has 2 aliphatic rings. The van der Waals surface area contributed by atoms with Gasteiger partial charge in [-0.3, -0.25) is 0 Å². The van der Waals surface area contributed by atoms with Crippen LogP contribution in [0.2, 0.25) is 0 Å². The Balaban J connectivity index is 1.90. The fraction of sp³-hybridized carbons (Fsp3) is 1.00. The molecule has 2 unspecified atom stereocenters. The lowest BCUT2D eigenvalue weighted by molar-refractivity contribution is -0.119. The molecule has 0 aromatic rings. The molecule has 0 bridgehead atoms. The summed E-state index contributed by atoms with van der Waals surface area (Å²) >= 11 is 3.71. The van der Waals surface area contributed by atoms with Crippen LogP contribution in [-0.4, -0.2) is 17.0 Å². The Kier molecular flexibility index (Phi) is 4.94. The fourth-order valence-corrected chi connectivity index (χ4v) is 4.21. The van der Waals surface area contributed by atoms with Crippen LogP contribution in [0.5, 0.6) is 0 Å². The fourth-order valence-electron chi connectivity index (χ4n) is 3.57. The maximum atomic E-state index is 6.54. The van der Waals surface area contributed by atoms with Crippen molar-refractivity contribution in [2.45, 2.75) is 76.9 Å². The normalized spacial score (nSPS) is 43.6. The molecule has 2 atom stereocenters. The molecule has 0 aromatic heterocycles. The number of ether oxygens (including phenoxy) is 1. The molecule has 17 heavy (non-hydrogen) atoms. The molecule has 2 saturated carbocycles. The molecule has 0 aromatic carbocycles. The van der Waals surface area contributed by atoms with Gasteiger partial charge in [-0.25, -0.2) is 0 Å². The standard InChI is InChI=1S/C15H27BrO/c1-12-5-7-14(8-6-12)17-15(11-16)9-3-4-13(2)10-15/h12-14H,3-11H2,1-2H3. The van der Waals surface area contributed by atoms with E-state index in [2.05, 4.69) is 29.8 Å². The van der Waals surface area contributed by atoms with Crippen molar-refractivity contribution in [3.05, 3.63) is 0 Å². The van der Waals surface area contributed by atoms with E-state index in [1.54, 1.807) is 0 Å². The van der Waals surface area contributed by atoms with E-state index in [1.807, 2.05) is 0 Å². The summed E-state index contributed by atoms with van der Waals surface area (Å²) in [6, 6.07) is 0. The molecule has 0 spiro atoms. The van der Waals surface area contributed by atoms with Crippen LogP contribution in [0.1, 0.15) is 65.2 Å². The molecule has 2 fully saturated rings. The molecule has 0 saturated heterocycles. The van der Waals surface area contributed by atoms with Gasteiger partial charge in [-0.05, 0) is 50.4 Å². The van der Waals surface area contributed by atoms with Gasteiger partial charge in [0, 0.05) is 5.33 Å². The van der Waals surface area contributed by atoms with Crippen LogP contribution < -0.4 is 0 Å². The van der Waals surface area contributed by atoms with E-state index in [1.165, 1.54) is 51.4 Å². The zero-order valence-electron chi connectivity index (χ0n) is 11.4. The summed E-state index contributed by atoms with van der Waals surface area (Å²) in [6.07, 6.45) is 11.1. The topological polar surface area (TPSA) is 9.23 Å². The van der Waals surface area contributed by atoms with Crippen molar-refractivity contribution in [2.75, 3.05) is 5.33 Å². The number of rotatable bonds is 3. The Morgan fingerprint density at radius 2 is 1.76 bits per heavy atom. The molecule has 2 rings (SSSR count). The summed E-state index contributed by atoms with van der Waals surface area (Å²) in [5.41, 5.74) is 0.156. The average Bonchev–Trinajstić information content (AvgIpc) is 2.32. The number of halogens is 1. The maximum Gasteiger partial charge on any atom is 0.0785 e. The third-order valence-electron chi connectivity index (χ3n) is 4.67. The Bertz CT molecular complexity index is 235. The predicted molar refractivity (Wildman–Crippen MR) is 76.7 cm³/mol. The minimum atomic E-state index is 0.156. The zero-order valence-corrected chi connectivity index (χ0v) is 13.0. The van der Waals surface area contributed by atoms with Gasteiger partial charge < -0.3 is 4.74 Å². The van der Waals surface area contributed by atoms with Crippen LogP contribution in [0, 0.1) is 11.8 Å². The quantitative estimate of drug-likeness (QED) is 0.672. The van der Waals surface area contributed by atoms with Crippen LogP contribution in [0.3, 0.4) is 0 Å². The highest BCUT2D eigenvalue weighted by atomic mass is 79.9. The first kappa shape index (κ1) is 13.9. The Morgan fingerprint density at radius 3 is 2.35 bits per heavy atom. The van der Waals surface area contributed by atoms with Crippen LogP contribution in [-0.2, 0) is 4.74 Å². The highest BCUT2D eigenvalue weighted by molar-refractivity contribution is 9.09. The third kappa shape index (κ3) is 3.70. The van der Waals surface area contributed by atoms with Gasteiger partial charge in [0.15, 0.2) is 0 Å². The van der Waals surface area contributed by atoms with Crippen molar-refractivity contribution in [1.82, 2.24) is 0 Å². The van der Waals surface area contributed by atoms with Gasteiger partial charge in [0.2, 0.25) is 0 Å². The van der Waals surface area contributed by atoms with Crippen molar-refractivity contribution in [2.24, 2.45) is 11.8 Å². The third-order valence-corrected chi connectivity index (χ3v) is 5.69. The summed E-state index contributed by atoms with van der Waals surface area (Å²) in [5, 5.41) is 1.02. The lowest BCUT2D eigenvalue weighted by Crippen LogP contribution is -2.43. The van der Waals surface area contributed by atoms with Gasteiger partial charge >= 0.3 is 0 Å². The van der Waals surface area contributed by atoms with Crippen molar-refractivity contribution in [3.8, 4) is 0 Å². The van der Waals surface area contributed by atoms with E-state index in [4.69, 9.17) is 4.74 Å². The van der Waals surface area contributed by atoms with Crippen LogP contribution in [0.25, 0.3) is 0 Å². The second-order valence-corrected chi connectivity index (χ2v) is 7.08. The minimum absolute atomic E-state index is 0.156. The highest BCUT2D eigenvalue weighted by Crippen LogP contribution is 2.39. The smallest absolute Gasteiger partial charge is 0.0785 e. The molecule has 0 aliphatic heterocycles. The van der Waals surface area contributed by atoms with E-state index in [0.717, 1.165) is 17.2 Å². The summed E-state index contributed by atoms with van der Waals surface area (Å²) in [4.78, 5) is 0. The number of alkyl halides is 1. The van der Waals surface area contributed by atoms with E-state index in [-0.39, 0.29) is 5.60 Å². The molecule has 2 aliphatic carbocycles. The molecule has 0 amide bonds. The summed E-state index contributed by atoms with van der Waals surface area (Å²) < 4.78 is 6.54. The summed E-state index contributed by atoms with van der Waals surface area (Å²) in [6.45, 7) is 4.75. The van der Waals surface area contributed by atoms with Crippen LogP contribution >= 0.6 is 15.9 Å². The molecular formula is C15H27BrO. The Morgan fingerprint density at radius 1 is 1.06 bits per heavy atom. The molecule has 0 radical (unpaired) electrons. The monoisotopic (exact) mass is 302 g/mol. The maximum absolute atomic E-state index is 6.54. The van der Waals surface area contributed by atoms with E-state index in [9.17, 15) is 0 Å². The summed E-state index contributed by atoms with van der Waals surface area (Å²) in [7, 11) is 0. The second-order valence-electron chi connectivity index (χ2n) is 6.52. The van der Waals surface area contributed by atoms with Gasteiger partial charge in [0.05, 0.1) is 11.7 Å². The average molecular weight is 303 g/mol. The zero-order chi connectivity index (χ0) is 12.3. The molecule has 1 nitrogen and oxygen atoms in total. The van der Waals surface area contributed by atoms with Gasteiger partial charge in [-0.1, -0.05) is 42.6 Å². The van der Waals surface area contributed by atoms with E-state index < -0.39 is 0 Å². The van der Waals surface area contributed by atoms with Crippen molar-refractivity contribution >= 4 is 15.9 Å². The second kappa shape index (κ2) is 6.06. The first-order chi connectivity index (χ1) is 8.13. The largest absolute Gasteiger partial charge is 0.371 e. The van der Waals surface area contributed by atoms with E-state index >= 15 is 0 Å². The first-order valence-corrected chi connectivity index (χ1v) is 8.49. The van der Waals surface area contributed by atoms with Gasteiger partial charge in [0.25, 0.3) is 0 Å². The van der Waals surface area contributed by atoms with Gasteiger partial charge in [-0.15, -0.1) is 0 Å². The summed E-state index contributed by atoms with van der Waals surface area (Å²) in [5.74, 6) is 1.75. The van der Waals surface area contributed by atoms with Gasteiger partial charge in [0.1, 0.15) is 0 Å². The van der Waals surface area contributed by atoms with Crippen LogP contribution in [0.4, 0.5) is 0 Å². The Labute approximate surface area is 115 Å². The number of hydrogen-bond acceptors (Lipinski definition) is 1.